The van der Waals surface area contributed by atoms with Crippen molar-refractivity contribution >= 4 is 0 Å². The number of fused-ring (bicyclic) bond motifs is 3. The predicted octanol–water partition coefficient (Wildman–Crippen LogP) is 4.33. The molecule has 3 aromatic heterocycles. The van der Waals surface area contributed by atoms with Crippen LogP contribution in [0.5, 0.6) is 5.75 Å². The molecule has 5 rings (SSSR count). The van der Waals surface area contributed by atoms with Gasteiger partial charge in [0.1, 0.15) is 23.9 Å². The molecule has 0 spiro atoms. The lowest BCUT2D eigenvalue weighted by molar-refractivity contribution is 0.0577. The molecule has 0 aliphatic carbocycles. The van der Waals surface area contributed by atoms with Gasteiger partial charge in [0, 0.05) is 30.2 Å². The van der Waals surface area contributed by atoms with E-state index in [9.17, 15) is 5.11 Å². The molecule has 0 saturated heterocycles. The van der Waals surface area contributed by atoms with Crippen molar-refractivity contribution in [1.82, 2.24) is 28.9 Å². The van der Waals surface area contributed by atoms with Crippen molar-refractivity contribution in [3.05, 3.63) is 48.7 Å². The maximum absolute atomic E-state index is 10.1. The fraction of sp³-hybridized carbons (Fsp3) is 0.400. The number of benzene rings is 1. The molecular weight excluding hydrogens is 416 g/mol. The van der Waals surface area contributed by atoms with E-state index in [2.05, 4.69) is 52.6 Å². The largest absolute Gasteiger partial charge is 0.491 e. The lowest BCUT2D eigenvalue weighted by Crippen LogP contribution is -2.26. The second-order valence-electron chi connectivity index (χ2n) is 9.65. The topological polar surface area (TPSA) is 82.9 Å². The minimum absolute atomic E-state index is 0.304. The Morgan fingerprint density at radius 1 is 1.09 bits per heavy atom. The first-order chi connectivity index (χ1) is 15.7. The highest BCUT2D eigenvalue weighted by molar-refractivity contribution is 5.74. The van der Waals surface area contributed by atoms with Gasteiger partial charge in [-0.15, -0.1) is 0 Å². The first-order valence-corrected chi connectivity index (χ1v) is 11.3. The van der Waals surface area contributed by atoms with Gasteiger partial charge in [0.25, 0.3) is 0 Å². The van der Waals surface area contributed by atoms with Crippen molar-refractivity contribution in [2.45, 2.75) is 59.4 Å². The maximum Gasteiger partial charge on any atom is 0.160 e. The third kappa shape index (κ3) is 4.18. The zero-order chi connectivity index (χ0) is 23.3. The number of hydrogen-bond donors (Lipinski definition) is 1. The molecule has 0 radical (unpaired) electrons. The summed E-state index contributed by atoms with van der Waals surface area (Å²) in [6, 6.07) is 6.48. The minimum Gasteiger partial charge on any atom is -0.491 e. The van der Waals surface area contributed by atoms with Gasteiger partial charge in [0.15, 0.2) is 5.82 Å². The number of rotatable bonds is 5. The molecule has 0 saturated carbocycles. The van der Waals surface area contributed by atoms with Gasteiger partial charge < -0.3 is 19.0 Å². The van der Waals surface area contributed by atoms with Crippen molar-refractivity contribution in [3.8, 4) is 39.8 Å². The molecule has 8 nitrogen and oxygen atoms in total. The fourth-order valence-electron chi connectivity index (χ4n) is 4.26. The number of imidazole rings is 2. The normalized spacial score (nSPS) is 13.5. The molecular formula is C25H30N6O2. The van der Waals surface area contributed by atoms with Crippen molar-refractivity contribution < 1.29 is 9.84 Å². The lowest BCUT2D eigenvalue weighted by Gasteiger charge is -2.16. The Morgan fingerprint density at radius 2 is 1.91 bits per heavy atom. The summed E-state index contributed by atoms with van der Waals surface area (Å²) in [6.45, 7) is 11.6. The smallest absolute Gasteiger partial charge is 0.160 e. The Kier molecular flexibility index (Phi) is 5.12. The number of aliphatic hydroxyl groups is 1. The Bertz CT molecular complexity index is 1300. The highest BCUT2D eigenvalue weighted by Crippen LogP contribution is 2.37. The van der Waals surface area contributed by atoms with Crippen LogP contribution >= 0.6 is 0 Å². The average Bonchev–Trinajstić information content (AvgIpc) is 3.43. The standard InChI is InChI=1S/C25H30N6O2/c1-16(2)31-12-17(3)27-24(31)21-14-29-8-9-33-22-10-18(6-7-20(22)23(29)28-21)19-11-26-30(13-19)15-25(4,5)32/h6-7,10-14,16,32H,8-9,15H2,1-5H3. The van der Waals surface area contributed by atoms with Gasteiger partial charge in [-0.2, -0.15) is 5.10 Å². The van der Waals surface area contributed by atoms with Crippen LogP contribution in [0.4, 0.5) is 0 Å². The van der Waals surface area contributed by atoms with Gasteiger partial charge in [-0.3, -0.25) is 4.68 Å². The van der Waals surface area contributed by atoms with E-state index in [-0.39, 0.29) is 0 Å². The molecule has 0 bridgehead atoms. The van der Waals surface area contributed by atoms with Crippen LogP contribution < -0.4 is 4.74 Å². The van der Waals surface area contributed by atoms with Crippen LogP contribution in [-0.4, -0.2) is 46.2 Å². The molecule has 4 heterocycles. The van der Waals surface area contributed by atoms with Crippen LogP contribution in [-0.2, 0) is 13.1 Å². The first kappa shape index (κ1) is 21.5. The molecule has 0 atom stereocenters. The lowest BCUT2D eigenvalue weighted by atomic mass is 10.1. The minimum atomic E-state index is -0.822. The van der Waals surface area contributed by atoms with Crippen molar-refractivity contribution in [2.75, 3.05) is 6.61 Å². The molecule has 4 aromatic rings. The zero-order valence-electron chi connectivity index (χ0n) is 19.8. The number of aryl methyl sites for hydroxylation is 1. The summed E-state index contributed by atoms with van der Waals surface area (Å²) in [5, 5.41) is 14.5. The van der Waals surface area contributed by atoms with Gasteiger partial charge in [0.05, 0.1) is 36.1 Å². The van der Waals surface area contributed by atoms with Crippen LogP contribution in [0.15, 0.2) is 43.0 Å². The number of hydrogen-bond acceptors (Lipinski definition) is 5. The highest BCUT2D eigenvalue weighted by Gasteiger charge is 2.22. The molecule has 0 fully saturated rings. The van der Waals surface area contributed by atoms with Crippen LogP contribution in [0, 0.1) is 6.92 Å². The van der Waals surface area contributed by atoms with E-state index in [0.29, 0.717) is 19.2 Å². The van der Waals surface area contributed by atoms with Crippen molar-refractivity contribution in [3.63, 3.8) is 0 Å². The van der Waals surface area contributed by atoms with E-state index in [0.717, 1.165) is 52.0 Å². The molecule has 1 aliphatic rings. The van der Waals surface area contributed by atoms with Gasteiger partial charge in [-0.05, 0) is 52.3 Å². The number of nitrogens with zero attached hydrogens (tertiary/aromatic N) is 6. The molecule has 33 heavy (non-hydrogen) atoms. The summed E-state index contributed by atoms with van der Waals surface area (Å²) in [4.78, 5) is 9.72. The summed E-state index contributed by atoms with van der Waals surface area (Å²) in [6.07, 6.45) is 7.91. The maximum atomic E-state index is 10.1. The van der Waals surface area contributed by atoms with E-state index in [1.165, 1.54) is 0 Å². The van der Waals surface area contributed by atoms with Crippen LogP contribution in [0.2, 0.25) is 0 Å². The van der Waals surface area contributed by atoms with Gasteiger partial charge in [0.2, 0.25) is 0 Å². The van der Waals surface area contributed by atoms with Crippen LogP contribution in [0.3, 0.4) is 0 Å². The predicted molar refractivity (Wildman–Crippen MR) is 127 cm³/mol. The molecule has 1 aromatic carbocycles. The van der Waals surface area contributed by atoms with E-state index >= 15 is 0 Å². The molecule has 1 aliphatic heterocycles. The summed E-state index contributed by atoms with van der Waals surface area (Å²) in [5.74, 6) is 2.58. The van der Waals surface area contributed by atoms with Crippen molar-refractivity contribution in [2.24, 2.45) is 0 Å². The van der Waals surface area contributed by atoms with Gasteiger partial charge in [-0.25, -0.2) is 9.97 Å². The zero-order valence-corrected chi connectivity index (χ0v) is 19.8. The third-order valence-corrected chi connectivity index (χ3v) is 5.74. The Balaban J connectivity index is 1.51. The molecule has 1 N–H and O–H groups in total. The highest BCUT2D eigenvalue weighted by atomic mass is 16.5. The van der Waals surface area contributed by atoms with Gasteiger partial charge in [-0.1, -0.05) is 6.07 Å². The molecule has 172 valence electrons. The fourth-order valence-corrected chi connectivity index (χ4v) is 4.26. The van der Waals surface area contributed by atoms with Crippen LogP contribution in [0.25, 0.3) is 34.0 Å². The van der Waals surface area contributed by atoms with E-state index < -0.39 is 5.60 Å². The van der Waals surface area contributed by atoms with E-state index in [1.807, 2.05) is 25.4 Å². The summed E-state index contributed by atoms with van der Waals surface area (Å²) >= 11 is 0. The second kappa shape index (κ2) is 7.88. The summed E-state index contributed by atoms with van der Waals surface area (Å²) in [7, 11) is 0. The average molecular weight is 447 g/mol. The number of aromatic nitrogens is 6. The van der Waals surface area contributed by atoms with Crippen molar-refractivity contribution in [1.29, 1.82) is 0 Å². The van der Waals surface area contributed by atoms with Gasteiger partial charge >= 0.3 is 0 Å². The summed E-state index contributed by atoms with van der Waals surface area (Å²) in [5.41, 5.74) is 4.00. The first-order valence-electron chi connectivity index (χ1n) is 11.3. The summed E-state index contributed by atoms with van der Waals surface area (Å²) < 4.78 is 12.2. The monoisotopic (exact) mass is 446 g/mol. The Morgan fingerprint density at radius 3 is 2.67 bits per heavy atom. The van der Waals surface area contributed by atoms with E-state index in [1.54, 1.807) is 18.5 Å². The number of ether oxygens (including phenoxy) is 1. The van der Waals surface area contributed by atoms with E-state index in [4.69, 9.17) is 14.7 Å². The Labute approximate surface area is 193 Å². The third-order valence-electron chi connectivity index (χ3n) is 5.74. The molecule has 0 amide bonds. The van der Waals surface area contributed by atoms with Crippen LogP contribution in [0.1, 0.15) is 39.4 Å². The second-order valence-corrected chi connectivity index (χ2v) is 9.65. The molecule has 8 heteroatoms. The Hall–Kier alpha value is -3.39. The SMILES string of the molecule is Cc1cn(C(C)C)c(-c2cn3c(n2)-c2ccc(-c4cnn(CC(C)(C)O)c4)cc2OCC3)n1. The molecule has 0 unspecified atom stereocenters. The quantitative estimate of drug-likeness (QED) is 0.493.